The first-order valence-electron chi connectivity index (χ1n) is 8.55. The molecule has 1 N–H and O–H groups in total. The van der Waals surface area contributed by atoms with Crippen molar-refractivity contribution in [1.29, 1.82) is 0 Å². The number of hydroxylamine groups is 1. The Morgan fingerprint density at radius 1 is 0.731 bits per heavy atom. The lowest BCUT2D eigenvalue weighted by Gasteiger charge is -2.09. The van der Waals surface area contributed by atoms with E-state index >= 15 is 0 Å². The summed E-state index contributed by atoms with van der Waals surface area (Å²) < 4.78 is 6.90. The third-order valence-corrected chi connectivity index (χ3v) is 4.51. The Morgan fingerprint density at radius 2 is 1.31 bits per heavy atom. The largest absolute Gasteiger partial charge is 0.489 e. The summed E-state index contributed by atoms with van der Waals surface area (Å²) in [6.45, 7) is 3.84. The second kappa shape index (κ2) is 9.53. The van der Waals surface area contributed by atoms with Crippen LogP contribution in [0.3, 0.4) is 0 Å². The molecule has 134 valence electrons. The first-order valence-corrected chi connectivity index (χ1v) is 9.35. The normalized spacial score (nSPS) is 10.7. The number of nitrogens with one attached hydrogen (secondary N) is 1. The van der Waals surface area contributed by atoms with Gasteiger partial charge in [-0.15, -0.1) is 0 Å². The van der Waals surface area contributed by atoms with E-state index in [0.29, 0.717) is 19.8 Å². The fourth-order valence-electron chi connectivity index (χ4n) is 2.40. The second-order valence-corrected chi connectivity index (χ2v) is 7.07. The zero-order chi connectivity index (χ0) is 18.2. The van der Waals surface area contributed by atoms with Gasteiger partial charge >= 0.3 is 0 Å². The van der Waals surface area contributed by atoms with E-state index in [9.17, 15) is 0 Å². The van der Waals surface area contributed by atoms with Crippen molar-refractivity contribution >= 4 is 15.9 Å². The van der Waals surface area contributed by atoms with Crippen LogP contribution in [0.4, 0.5) is 0 Å². The standard InChI is InChI=1S/C22H22BrNO2/c1-17-2-4-19(5-3-17)15-25-22-12-8-20(9-13-22)16-26-24-14-18-6-10-21(23)11-7-18/h2-13,24H,14-16H2,1H3. The summed E-state index contributed by atoms with van der Waals surface area (Å²) in [5.74, 6) is 0.858. The van der Waals surface area contributed by atoms with E-state index in [1.807, 2.05) is 36.4 Å². The molecule has 3 rings (SSSR count). The summed E-state index contributed by atoms with van der Waals surface area (Å²) in [4.78, 5) is 5.53. The Labute approximate surface area is 163 Å². The molecule has 26 heavy (non-hydrogen) atoms. The van der Waals surface area contributed by atoms with Crippen LogP contribution in [0.1, 0.15) is 22.3 Å². The zero-order valence-electron chi connectivity index (χ0n) is 14.7. The van der Waals surface area contributed by atoms with Gasteiger partial charge in [-0.05, 0) is 47.9 Å². The van der Waals surface area contributed by atoms with Crippen molar-refractivity contribution in [2.75, 3.05) is 0 Å². The van der Waals surface area contributed by atoms with Crippen molar-refractivity contribution in [1.82, 2.24) is 5.48 Å². The van der Waals surface area contributed by atoms with Crippen molar-refractivity contribution < 1.29 is 9.57 Å². The highest BCUT2D eigenvalue weighted by molar-refractivity contribution is 9.10. The highest BCUT2D eigenvalue weighted by Gasteiger charge is 1.99. The van der Waals surface area contributed by atoms with Crippen LogP contribution < -0.4 is 10.2 Å². The smallest absolute Gasteiger partial charge is 0.119 e. The van der Waals surface area contributed by atoms with Crippen LogP contribution in [0.15, 0.2) is 77.3 Å². The van der Waals surface area contributed by atoms with Gasteiger partial charge in [0.15, 0.2) is 0 Å². The fourth-order valence-corrected chi connectivity index (χ4v) is 2.67. The van der Waals surface area contributed by atoms with Crippen molar-refractivity contribution in [3.05, 3.63) is 99.5 Å². The molecular weight excluding hydrogens is 390 g/mol. The topological polar surface area (TPSA) is 30.5 Å². The predicted molar refractivity (Wildman–Crippen MR) is 108 cm³/mol. The molecule has 0 unspecified atom stereocenters. The van der Waals surface area contributed by atoms with E-state index in [1.165, 1.54) is 16.7 Å². The molecule has 0 radical (unpaired) electrons. The summed E-state index contributed by atoms with van der Waals surface area (Å²) in [6.07, 6.45) is 0. The minimum atomic E-state index is 0.509. The van der Waals surface area contributed by atoms with Gasteiger partial charge in [0.25, 0.3) is 0 Å². The molecule has 3 nitrogen and oxygen atoms in total. The van der Waals surface area contributed by atoms with Crippen molar-refractivity contribution in [3.63, 3.8) is 0 Å². The van der Waals surface area contributed by atoms with E-state index < -0.39 is 0 Å². The Kier molecular flexibility index (Phi) is 6.83. The van der Waals surface area contributed by atoms with Crippen LogP contribution in [0, 0.1) is 6.92 Å². The lowest BCUT2D eigenvalue weighted by Crippen LogP contribution is -2.13. The average molecular weight is 412 g/mol. The summed E-state index contributed by atoms with van der Waals surface area (Å²) in [5, 5.41) is 0. The molecule has 3 aromatic carbocycles. The maximum absolute atomic E-state index is 5.82. The molecule has 0 fully saturated rings. The van der Waals surface area contributed by atoms with Gasteiger partial charge in [0.1, 0.15) is 12.4 Å². The maximum Gasteiger partial charge on any atom is 0.119 e. The molecular formula is C22H22BrNO2. The fraction of sp³-hybridized carbons (Fsp3) is 0.182. The second-order valence-electron chi connectivity index (χ2n) is 6.15. The molecule has 0 amide bonds. The molecule has 0 aliphatic heterocycles. The number of benzene rings is 3. The summed E-state index contributed by atoms with van der Waals surface area (Å²) in [7, 11) is 0. The number of rotatable bonds is 8. The molecule has 3 aromatic rings. The van der Waals surface area contributed by atoms with Gasteiger partial charge in [0.2, 0.25) is 0 Å². The maximum atomic E-state index is 5.82. The van der Waals surface area contributed by atoms with E-state index in [4.69, 9.17) is 9.57 Å². The van der Waals surface area contributed by atoms with E-state index in [0.717, 1.165) is 15.8 Å². The Bertz CT molecular complexity index is 799. The number of aryl methyl sites for hydroxylation is 1. The summed E-state index contributed by atoms with van der Waals surface area (Å²) >= 11 is 3.43. The highest BCUT2D eigenvalue weighted by Crippen LogP contribution is 2.15. The van der Waals surface area contributed by atoms with Gasteiger partial charge in [0, 0.05) is 11.0 Å². The molecule has 0 spiro atoms. The third kappa shape index (κ3) is 5.99. The van der Waals surface area contributed by atoms with Crippen LogP contribution in [-0.2, 0) is 24.6 Å². The summed E-state index contributed by atoms with van der Waals surface area (Å²) in [6, 6.07) is 24.5. The van der Waals surface area contributed by atoms with Gasteiger partial charge in [-0.2, -0.15) is 5.48 Å². The molecule has 0 aliphatic rings. The Hall–Kier alpha value is -2.14. The molecule has 0 aliphatic carbocycles. The molecule has 4 heteroatoms. The van der Waals surface area contributed by atoms with Crippen LogP contribution in [-0.4, -0.2) is 0 Å². The summed E-state index contributed by atoms with van der Waals surface area (Å²) in [5.41, 5.74) is 7.68. The molecule has 0 heterocycles. The SMILES string of the molecule is Cc1ccc(COc2ccc(CONCc3ccc(Br)cc3)cc2)cc1. The van der Waals surface area contributed by atoms with Crippen LogP contribution in [0.25, 0.3) is 0 Å². The van der Waals surface area contributed by atoms with Crippen molar-refractivity contribution in [3.8, 4) is 5.75 Å². The third-order valence-electron chi connectivity index (χ3n) is 3.98. The number of halogens is 1. The number of hydrogen-bond donors (Lipinski definition) is 1. The minimum Gasteiger partial charge on any atom is -0.489 e. The van der Waals surface area contributed by atoms with E-state index in [2.05, 4.69) is 64.7 Å². The molecule has 0 saturated heterocycles. The average Bonchev–Trinajstić information content (AvgIpc) is 2.67. The first-order chi connectivity index (χ1) is 12.7. The molecule has 0 saturated carbocycles. The predicted octanol–water partition coefficient (Wildman–Crippen LogP) is 5.56. The van der Waals surface area contributed by atoms with Crippen LogP contribution in [0.2, 0.25) is 0 Å². The van der Waals surface area contributed by atoms with E-state index in [-0.39, 0.29) is 0 Å². The number of ether oxygens (including phenoxy) is 1. The lowest BCUT2D eigenvalue weighted by atomic mass is 10.2. The quantitative estimate of drug-likeness (QED) is 0.388. The van der Waals surface area contributed by atoms with Gasteiger partial charge in [-0.25, -0.2) is 0 Å². The monoisotopic (exact) mass is 411 g/mol. The van der Waals surface area contributed by atoms with Gasteiger partial charge in [-0.1, -0.05) is 70.0 Å². The van der Waals surface area contributed by atoms with Crippen LogP contribution >= 0.6 is 15.9 Å². The first kappa shape index (κ1) is 18.6. The van der Waals surface area contributed by atoms with Crippen LogP contribution in [0.5, 0.6) is 5.75 Å². The Balaban J connectivity index is 1.39. The van der Waals surface area contributed by atoms with Gasteiger partial charge in [-0.3, -0.25) is 4.84 Å². The highest BCUT2D eigenvalue weighted by atomic mass is 79.9. The zero-order valence-corrected chi connectivity index (χ0v) is 16.3. The van der Waals surface area contributed by atoms with Crippen molar-refractivity contribution in [2.24, 2.45) is 0 Å². The molecule has 0 atom stereocenters. The van der Waals surface area contributed by atoms with E-state index in [1.54, 1.807) is 0 Å². The minimum absolute atomic E-state index is 0.509. The molecule has 0 bridgehead atoms. The van der Waals surface area contributed by atoms with Gasteiger partial charge in [0.05, 0.1) is 6.61 Å². The van der Waals surface area contributed by atoms with Gasteiger partial charge < -0.3 is 4.74 Å². The lowest BCUT2D eigenvalue weighted by molar-refractivity contribution is 0.0235. The number of hydrogen-bond acceptors (Lipinski definition) is 3. The van der Waals surface area contributed by atoms with Crippen molar-refractivity contribution in [2.45, 2.75) is 26.7 Å². The Morgan fingerprint density at radius 3 is 2.00 bits per heavy atom. The molecule has 0 aromatic heterocycles.